The van der Waals surface area contributed by atoms with Gasteiger partial charge in [-0.15, -0.1) is 0 Å². The molecule has 2 rings (SSSR count). The fraction of sp³-hybridized carbons (Fsp3) is 0.467. The third-order valence-corrected chi connectivity index (χ3v) is 4.07. The highest BCUT2D eigenvalue weighted by Crippen LogP contribution is 2.11. The summed E-state index contributed by atoms with van der Waals surface area (Å²) in [5.74, 6) is 0. The van der Waals surface area contributed by atoms with Crippen molar-refractivity contribution in [1.29, 1.82) is 0 Å². The quantitative estimate of drug-likeness (QED) is 0.886. The minimum absolute atomic E-state index is 0.0838. The van der Waals surface area contributed by atoms with Crippen LogP contribution >= 0.6 is 15.9 Å². The van der Waals surface area contributed by atoms with Gasteiger partial charge >= 0.3 is 12.1 Å². The van der Waals surface area contributed by atoms with E-state index in [1.165, 1.54) is 12.7 Å². The maximum Gasteiger partial charge on any atom is 0.409 e. The molecule has 0 atom stereocenters. The van der Waals surface area contributed by atoms with E-state index < -0.39 is 0 Å². The van der Waals surface area contributed by atoms with Gasteiger partial charge in [-0.05, 0) is 24.1 Å². The molecule has 0 saturated carbocycles. The van der Waals surface area contributed by atoms with Gasteiger partial charge in [0.15, 0.2) is 0 Å². The third-order valence-electron chi connectivity index (χ3n) is 3.58. The fourth-order valence-electron chi connectivity index (χ4n) is 2.34. The van der Waals surface area contributed by atoms with Crippen molar-refractivity contribution in [2.45, 2.75) is 6.42 Å². The van der Waals surface area contributed by atoms with Crippen LogP contribution in [0.3, 0.4) is 0 Å². The molecule has 1 aromatic carbocycles. The Bertz CT molecular complexity index is 531. The number of ether oxygens (including phenoxy) is 1. The van der Waals surface area contributed by atoms with Crippen LogP contribution in [0.1, 0.15) is 5.56 Å². The maximum absolute atomic E-state index is 12.1. The summed E-state index contributed by atoms with van der Waals surface area (Å²) in [5.41, 5.74) is 1.17. The van der Waals surface area contributed by atoms with Gasteiger partial charge in [0.05, 0.1) is 7.11 Å². The number of piperazine rings is 1. The van der Waals surface area contributed by atoms with E-state index in [9.17, 15) is 9.59 Å². The molecule has 1 fully saturated rings. The molecule has 0 aromatic heterocycles. The molecule has 6 nitrogen and oxygen atoms in total. The summed E-state index contributed by atoms with van der Waals surface area (Å²) < 4.78 is 5.71. The number of amides is 3. The number of hydrogen-bond acceptors (Lipinski definition) is 3. The molecule has 0 bridgehead atoms. The van der Waals surface area contributed by atoms with Crippen LogP contribution < -0.4 is 5.32 Å². The highest BCUT2D eigenvalue weighted by molar-refractivity contribution is 9.10. The lowest BCUT2D eigenvalue weighted by atomic mass is 10.1. The summed E-state index contributed by atoms with van der Waals surface area (Å²) in [7, 11) is 1.36. The summed E-state index contributed by atoms with van der Waals surface area (Å²) in [4.78, 5) is 26.8. The summed E-state index contributed by atoms with van der Waals surface area (Å²) in [6.45, 7) is 2.65. The SMILES string of the molecule is COC(=O)N1CCN(C(=O)NCCc2cccc(Br)c2)CC1. The Balaban J connectivity index is 1.71. The van der Waals surface area contributed by atoms with E-state index in [0.29, 0.717) is 32.7 Å². The van der Waals surface area contributed by atoms with Gasteiger partial charge in [0, 0.05) is 37.2 Å². The standard InChI is InChI=1S/C15H20BrN3O3/c1-22-15(21)19-9-7-18(8-10-19)14(20)17-6-5-12-3-2-4-13(16)11-12/h2-4,11H,5-10H2,1H3,(H,17,20). The van der Waals surface area contributed by atoms with Crippen molar-refractivity contribution in [2.75, 3.05) is 39.8 Å². The van der Waals surface area contributed by atoms with Gasteiger partial charge < -0.3 is 19.9 Å². The largest absolute Gasteiger partial charge is 0.453 e. The van der Waals surface area contributed by atoms with Crippen LogP contribution in [-0.4, -0.2) is 61.8 Å². The van der Waals surface area contributed by atoms with E-state index >= 15 is 0 Å². The van der Waals surface area contributed by atoms with Gasteiger partial charge in [-0.2, -0.15) is 0 Å². The molecule has 7 heteroatoms. The number of nitrogens with one attached hydrogen (secondary N) is 1. The molecule has 22 heavy (non-hydrogen) atoms. The molecule has 1 N–H and O–H groups in total. The number of methoxy groups -OCH3 is 1. The summed E-state index contributed by atoms with van der Waals surface area (Å²) >= 11 is 3.43. The molecule has 120 valence electrons. The number of carbonyl (C=O) groups is 2. The lowest BCUT2D eigenvalue weighted by Crippen LogP contribution is -2.53. The zero-order chi connectivity index (χ0) is 15.9. The third kappa shape index (κ3) is 4.62. The van der Waals surface area contributed by atoms with Crippen LogP contribution in [0.15, 0.2) is 28.7 Å². The molecule has 3 amide bonds. The lowest BCUT2D eigenvalue weighted by molar-refractivity contribution is 0.0971. The first kappa shape index (κ1) is 16.6. The van der Waals surface area contributed by atoms with Crippen LogP contribution in [0.25, 0.3) is 0 Å². The first-order valence-electron chi connectivity index (χ1n) is 7.20. The number of carbonyl (C=O) groups excluding carboxylic acids is 2. The molecular formula is C15H20BrN3O3. The van der Waals surface area contributed by atoms with Gasteiger partial charge in [0.25, 0.3) is 0 Å². The second-order valence-corrected chi connectivity index (χ2v) is 5.97. The lowest BCUT2D eigenvalue weighted by Gasteiger charge is -2.33. The Kier molecular flexibility index (Phi) is 6.06. The van der Waals surface area contributed by atoms with Crippen molar-refractivity contribution < 1.29 is 14.3 Å². The Morgan fingerprint density at radius 1 is 1.23 bits per heavy atom. The predicted molar refractivity (Wildman–Crippen MR) is 86.8 cm³/mol. The van der Waals surface area contributed by atoms with Gasteiger partial charge in [-0.1, -0.05) is 28.1 Å². The monoisotopic (exact) mass is 369 g/mol. The zero-order valence-corrected chi connectivity index (χ0v) is 14.1. The van der Waals surface area contributed by atoms with E-state index in [0.717, 1.165) is 10.9 Å². The smallest absolute Gasteiger partial charge is 0.409 e. The molecule has 1 heterocycles. The van der Waals surface area contributed by atoms with Crippen molar-refractivity contribution in [1.82, 2.24) is 15.1 Å². The fourth-order valence-corrected chi connectivity index (χ4v) is 2.79. The second kappa shape index (κ2) is 8.03. The molecule has 1 aliphatic rings. The normalized spacial score (nSPS) is 14.6. The van der Waals surface area contributed by atoms with Crippen molar-refractivity contribution in [3.8, 4) is 0 Å². The van der Waals surface area contributed by atoms with Crippen LogP contribution in [0.5, 0.6) is 0 Å². The van der Waals surface area contributed by atoms with E-state index in [2.05, 4.69) is 26.0 Å². The average Bonchev–Trinajstić information content (AvgIpc) is 2.54. The molecule has 1 saturated heterocycles. The topological polar surface area (TPSA) is 61.9 Å². The number of urea groups is 1. The molecular weight excluding hydrogens is 350 g/mol. The first-order valence-corrected chi connectivity index (χ1v) is 7.99. The van der Waals surface area contributed by atoms with Gasteiger partial charge in [0.2, 0.25) is 0 Å². The second-order valence-electron chi connectivity index (χ2n) is 5.06. The Morgan fingerprint density at radius 3 is 2.55 bits per heavy atom. The summed E-state index contributed by atoms with van der Waals surface area (Å²) in [5, 5.41) is 2.92. The Labute approximate surface area is 138 Å². The maximum atomic E-state index is 12.1. The van der Waals surface area contributed by atoms with Gasteiger partial charge in [-0.3, -0.25) is 0 Å². The molecule has 0 spiro atoms. The number of hydrogen-bond donors (Lipinski definition) is 1. The highest BCUT2D eigenvalue weighted by Gasteiger charge is 2.24. The van der Waals surface area contributed by atoms with Crippen molar-refractivity contribution in [2.24, 2.45) is 0 Å². The van der Waals surface area contributed by atoms with Crippen molar-refractivity contribution >= 4 is 28.1 Å². The average molecular weight is 370 g/mol. The number of nitrogens with zero attached hydrogens (tertiary/aromatic N) is 2. The highest BCUT2D eigenvalue weighted by atomic mass is 79.9. The summed E-state index contributed by atoms with van der Waals surface area (Å²) in [6.07, 6.45) is 0.447. The summed E-state index contributed by atoms with van der Waals surface area (Å²) in [6, 6.07) is 7.95. The molecule has 0 unspecified atom stereocenters. The minimum Gasteiger partial charge on any atom is -0.453 e. The van der Waals surface area contributed by atoms with Gasteiger partial charge in [-0.25, -0.2) is 9.59 Å². The van der Waals surface area contributed by atoms with E-state index in [4.69, 9.17) is 0 Å². The predicted octanol–water partition coefficient (Wildman–Crippen LogP) is 2.09. The van der Waals surface area contributed by atoms with Gasteiger partial charge in [0.1, 0.15) is 0 Å². The van der Waals surface area contributed by atoms with Crippen molar-refractivity contribution in [3.63, 3.8) is 0 Å². The molecule has 0 radical (unpaired) electrons. The first-order chi connectivity index (χ1) is 10.6. The Morgan fingerprint density at radius 2 is 1.91 bits per heavy atom. The number of benzene rings is 1. The van der Waals surface area contributed by atoms with Crippen LogP contribution in [0, 0.1) is 0 Å². The van der Waals surface area contributed by atoms with E-state index in [1.54, 1.807) is 9.80 Å². The van der Waals surface area contributed by atoms with Crippen LogP contribution in [-0.2, 0) is 11.2 Å². The number of halogens is 1. The van der Waals surface area contributed by atoms with E-state index in [-0.39, 0.29) is 12.1 Å². The molecule has 1 aromatic rings. The zero-order valence-electron chi connectivity index (χ0n) is 12.5. The minimum atomic E-state index is -0.338. The van der Waals surface area contributed by atoms with E-state index in [1.807, 2.05) is 24.3 Å². The Hall–Kier alpha value is -1.76. The van der Waals surface area contributed by atoms with Crippen LogP contribution in [0.4, 0.5) is 9.59 Å². The number of rotatable bonds is 3. The van der Waals surface area contributed by atoms with Crippen molar-refractivity contribution in [3.05, 3.63) is 34.3 Å². The molecule has 1 aliphatic heterocycles. The van der Waals surface area contributed by atoms with Crippen LogP contribution in [0.2, 0.25) is 0 Å². The molecule has 0 aliphatic carbocycles.